The van der Waals surface area contributed by atoms with Gasteiger partial charge < -0.3 is 9.80 Å². The van der Waals surface area contributed by atoms with Gasteiger partial charge in [0.05, 0.1) is 0 Å². The van der Waals surface area contributed by atoms with Crippen molar-refractivity contribution in [1.82, 2.24) is 9.80 Å². The van der Waals surface area contributed by atoms with Gasteiger partial charge in [-0.15, -0.1) is 0 Å². The van der Waals surface area contributed by atoms with Gasteiger partial charge >= 0.3 is 0 Å². The first kappa shape index (κ1) is 8.11. The van der Waals surface area contributed by atoms with E-state index in [0.717, 1.165) is 12.1 Å². The van der Waals surface area contributed by atoms with Gasteiger partial charge in [-0.25, -0.2) is 0 Å². The van der Waals surface area contributed by atoms with Crippen molar-refractivity contribution in [3.8, 4) is 0 Å². The van der Waals surface area contributed by atoms with E-state index in [-0.39, 0.29) is 0 Å². The van der Waals surface area contributed by atoms with E-state index in [1.54, 1.807) is 0 Å². The maximum Gasteiger partial charge on any atom is 0.0418 e. The number of piperazine rings is 1. The summed E-state index contributed by atoms with van der Waals surface area (Å²) in [5.41, 5.74) is 1.26. The standard InChI is InChI=1S/C10H18N2/c1-8(2)12-9-4-5-10(12)7-11(3)6-9/h9-10H,1,4-7H2,2-3H3. The first-order valence-electron chi connectivity index (χ1n) is 4.81. The smallest absolute Gasteiger partial charge is 0.0418 e. The number of fused-ring (bicyclic) bond motifs is 2. The van der Waals surface area contributed by atoms with Gasteiger partial charge in [-0.3, -0.25) is 0 Å². The summed E-state index contributed by atoms with van der Waals surface area (Å²) >= 11 is 0. The van der Waals surface area contributed by atoms with Crippen LogP contribution in [-0.2, 0) is 0 Å². The molecule has 12 heavy (non-hydrogen) atoms. The van der Waals surface area contributed by atoms with Gasteiger partial charge in [0.15, 0.2) is 0 Å². The number of hydrogen-bond acceptors (Lipinski definition) is 2. The molecule has 2 unspecified atom stereocenters. The minimum absolute atomic E-state index is 0.756. The Morgan fingerprint density at radius 1 is 1.25 bits per heavy atom. The molecule has 0 saturated carbocycles. The maximum atomic E-state index is 4.05. The largest absolute Gasteiger partial charge is 0.367 e. The summed E-state index contributed by atoms with van der Waals surface area (Å²) in [6.45, 7) is 8.64. The van der Waals surface area contributed by atoms with Crippen molar-refractivity contribution in [1.29, 1.82) is 0 Å². The number of allylic oxidation sites excluding steroid dienone is 1. The van der Waals surface area contributed by atoms with E-state index in [4.69, 9.17) is 0 Å². The highest BCUT2D eigenvalue weighted by Crippen LogP contribution is 2.31. The van der Waals surface area contributed by atoms with E-state index in [2.05, 4.69) is 30.4 Å². The predicted octanol–water partition coefficient (Wildman–Crippen LogP) is 1.30. The van der Waals surface area contributed by atoms with Crippen LogP contribution in [0.1, 0.15) is 19.8 Å². The molecule has 2 heteroatoms. The number of hydrogen-bond donors (Lipinski definition) is 0. The molecule has 2 fully saturated rings. The highest BCUT2D eigenvalue weighted by atomic mass is 15.3. The average Bonchev–Trinajstić information content (AvgIpc) is 2.24. The van der Waals surface area contributed by atoms with Crippen molar-refractivity contribution in [2.45, 2.75) is 31.8 Å². The van der Waals surface area contributed by atoms with E-state index >= 15 is 0 Å². The Morgan fingerprint density at radius 2 is 1.75 bits per heavy atom. The van der Waals surface area contributed by atoms with Crippen molar-refractivity contribution in [2.75, 3.05) is 20.1 Å². The third kappa shape index (κ3) is 1.14. The van der Waals surface area contributed by atoms with Crippen LogP contribution in [0.5, 0.6) is 0 Å². The SMILES string of the molecule is C=C(C)N1C2CCC1CN(C)C2. The first-order chi connectivity index (χ1) is 5.68. The van der Waals surface area contributed by atoms with Crippen LogP contribution in [0, 0.1) is 0 Å². The maximum absolute atomic E-state index is 4.05. The lowest BCUT2D eigenvalue weighted by molar-refractivity contribution is 0.115. The average molecular weight is 166 g/mol. The number of rotatable bonds is 1. The van der Waals surface area contributed by atoms with Crippen LogP contribution >= 0.6 is 0 Å². The van der Waals surface area contributed by atoms with Crippen LogP contribution < -0.4 is 0 Å². The van der Waals surface area contributed by atoms with E-state index in [9.17, 15) is 0 Å². The molecular formula is C10H18N2. The molecule has 2 saturated heterocycles. The lowest BCUT2D eigenvalue weighted by Crippen LogP contribution is -2.51. The summed E-state index contributed by atoms with van der Waals surface area (Å²) in [6.07, 6.45) is 2.73. The van der Waals surface area contributed by atoms with Gasteiger partial charge in [-0.2, -0.15) is 0 Å². The molecule has 0 aromatic carbocycles. The number of likely N-dealkylation sites (tertiary alicyclic amines) is 1. The van der Waals surface area contributed by atoms with E-state index < -0.39 is 0 Å². The Balaban J connectivity index is 2.14. The minimum atomic E-state index is 0.756. The summed E-state index contributed by atoms with van der Waals surface area (Å²) in [7, 11) is 2.22. The second-order valence-electron chi connectivity index (χ2n) is 4.25. The minimum Gasteiger partial charge on any atom is -0.367 e. The van der Waals surface area contributed by atoms with E-state index in [1.165, 1.54) is 31.6 Å². The van der Waals surface area contributed by atoms with Gasteiger partial charge in [-0.1, -0.05) is 6.58 Å². The fourth-order valence-electron chi connectivity index (χ4n) is 2.74. The zero-order valence-electron chi connectivity index (χ0n) is 8.08. The van der Waals surface area contributed by atoms with Crippen molar-refractivity contribution >= 4 is 0 Å². The summed E-state index contributed by atoms with van der Waals surface area (Å²) < 4.78 is 0. The summed E-state index contributed by atoms with van der Waals surface area (Å²) in [5.74, 6) is 0. The topological polar surface area (TPSA) is 6.48 Å². The molecular weight excluding hydrogens is 148 g/mol. The molecule has 2 bridgehead atoms. The molecule has 0 aromatic rings. The summed E-state index contributed by atoms with van der Waals surface area (Å²) in [4.78, 5) is 4.97. The molecule has 2 rings (SSSR count). The third-order valence-electron chi connectivity index (χ3n) is 3.11. The fraction of sp³-hybridized carbons (Fsp3) is 0.800. The van der Waals surface area contributed by atoms with Crippen LogP contribution in [-0.4, -0.2) is 42.0 Å². The zero-order valence-corrected chi connectivity index (χ0v) is 8.08. The van der Waals surface area contributed by atoms with Crippen molar-refractivity contribution in [2.24, 2.45) is 0 Å². The van der Waals surface area contributed by atoms with Crippen LogP contribution in [0.2, 0.25) is 0 Å². The Bertz CT molecular complexity index is 186. The Morgan fingerprint density at radius 3 is 2.17 bits per heavy atom. The Hall–Kier alpha value is -0.500. The molecule has 2 nitrogen and oxygen atoms in total. The molecule has 0 spiro atoms. The molecule has 0 amide bonds. The second kappa shape index (κ2) is 2.77. The lowest BCUT2D eigenvalue weighted by atomic mass is 10.2. The number of nitrogens with zero attached hydrogens (tertiary/aromatic N) is 2. The molecule has 68 valence electrons. The first-order valence-corrected chi connectivity index (χ1v) is 4.81. The van der Waals surface area contributed by atoms with Crippen LogP contribution in [0.15, 0.2) is 12.3 Å². The van der Waals surface area contributed by atoms with Gasteiger partial charge in [0.2, 0.25) is 0 Å². The van der Waals surface area contributed by atoms with Crippen LogP contribution in [0.3, 0.4) is 0 Å². The summed E-state index contributed by atoms with van der Waals surface area (Å²) in [5, 5.41) is 0. The van der Waals surface area contributed by atoms with Gasteiger partial charge in [0.25, 0.3) is 0 Å². The third-order valence-corrected chi connectivity index (χ3v) is 3.11. The quantitative estimate of drug-likeness (QED) is 0.579. The molecule has 2 aliphatic rings. The molecule has 2 atom stereocenters. The second-order valence-corrected chi connectivity index (χ2v) is 4.25. The van der Waals surface area contributed by atoms with Crippen LogP contribution in [0.25, 0.3) is 0 Å². The normalized spacial score (nSPS) is 35.7. The highest BCUT2D eigenvalue weighted by molar-refractivity contribution is 5.05. The Kier molecular flexibility index (Phi) is 1.87. The number of likely N-dealkylation sites (N-methyl/N-ethyl adjacent to an activating group) is 1. The molecule has 2 aliphatic heterocycles. The van der Waals surface area contributed by atoms with Gasteiger partial charge in [0.1, 0.15) is 0 Å². The monoisotopic (exact) mass is 166 g/mol. The molecule has 2 heterocycles. The fourth-order valence-corrected chi connectivity index (χ4v) is 2.74. The predicted molar refractivity (Wildman–Crippen MR) is 51.0 cm³/mol. The zero-order chi connectivity index (χ0) is 8.72. The molecule has 0 aromatic heterocycles. The van der Waals surface area contributed by atoms with Gasteiger partial charge in [-0.05, 0) is 26.8 Å². The van der Waals surface area contributed by atoms with Crippen molar-refractivity contribution in [3.63, 3.8) is 0 Å². The van der Waals surface area contributed by atoms with E-state index in [1.807, 2.05) is 0 Å². The van der Waals surface area contributed by atoms with Crippen LogP contribution in [0.4, 0.5) is 0 Å². The summed E-state index contributed by atoms with van der Waals surface area (Å²) in [6, 6.07) is 1.51. The lowest BCUT2D eigenvalue weighted by Gasteiger charge is -2.41. The molecule has 0 radical (unpaired) electrons. The van der Waals surface area contributed by atoms with Crippen molar-refractivity contribution < 1.29 is 0 Å². The van der Waals surface area contributed by atoms with E-state index in [0.29, 0.717) is 0 Å². The van der Waals surface area contributed by atoms with Crippen molar-refractivity contribution in [3.05, 3.63) is 12.3 Å². The Labute approximate surface area is 74.8 Å². The van der Waals surface area contributed by atoms with Gasteiger partial charge in [0, 0.05) is 30.9 Å². The molecule has 0 aliphatic carbocycles. The molecule has 0 N–H and O–H groups in total. The highest BCUT2D eigenvalue weighted by Gasteiger charge is 2.37.